The van der Waals surface area contributed by atoms with Gasteiger partial charge >= 0.3 is 0 Å². The molecule has 0 aliphatic heterocycles. The van der Waals surface area contributed by atoms with Crippen molar-refractivity contribution in [2.75, 3.05) is 0 Å². The van der Waals surface area contributed by atoms with Crippen molar-refractivity contribution in [1.82, 2.24) is 0 Å². The number of carbonyl (C=O) groups excluding carboxylic acids is 2. The summed E-state index contributed by atoms with van der Waals surface area (Å²) in [4.78, 5) is 26.1. The molecule has 0 amide bonds. The van der Waals surface area contributed by atoms with E-state index in [2.05, 4.69) is 0 Å². The minimum Gasteiger partial charge on any atom is -0.449 e. The molecule has 0 unspecified atom stereocenters. The zero-order chi connectivity index (χ0) is 18.8. The molecule has 4 rings (SSSR count). The van der Waals surface area contributed by atoms with Gasteiger partial charge in [0.25, 0.3) is 0 Å². The fourth-order valence-corrected chi connectivity index (χ4v) is 2.92. The Balaban J connectivity index is 1.84. The highest BCUT2D eigenvalue weighted by Crippen LogP contribution is 2.31. The molecule has 1 aliphatic rings. The van der Waals surface area contributed by atoms with Crippen molar-refractivity contribution in [1.29, 1.82) is 0 Å². The number of allylic oxidation sites excluding steroid dienone is 2. The SMILES string of the molecule is O=C1C(Oc2ccccc2)=C(Oc2ccccc2)C(=O)c2cc(Cl)ccc21. The predicted molar refractivity (Wildman–Crippen MR) is 101 cm³/mol. The molecule has 0 aromatic heterocycles. The number of halogens is 1. The second-order valence-corrected chi connectivity index (χ2v) is 6.27. The van der Waals surface area contributed by atoms with Gasteiger partial charge in [-0.05, 0) is 42.5 Å². The summed E-state index contributed by atoms with van der Waals surface area (Å²) in [7, 11) is 0. The number of Topliss-reactive ketones (excluding diaryl/α,β-unsaturated/α-hetero) is 2. The van der Waals surface area contributed by atoms with Crippen molar-refractivity contribution < 1.29 is 19.1 Å². The van der Waals surface area contributed by atoms with Crippen LogP contribution in [0.1, 0.15) is 20.7 Å². The zero-order valence-corrected chi connectivity index (χ0v) is 14.8. The van der Waals surface area contributed by atoms with Crippen molar-refractivity contribution in [3.05, 3.63) is 107 Å². The van der Waals surface area contributed by atoms with Crippen LogP contribution in [0.2, 0.25) is 5.02 Å². The van der Waals surface area contributed by atoms with E-state index in [1.807, 2.05) is 12.1 Å². The van der Waals surface area contributed by atoms with E-state index < -0.39 is 11.6 Å². The third-order valence-corrected chi connectivity index (χ3v) is 4.25. The lowest BCUT2D eigenvalue weighted by Crippen LogP contribution is -2.27. The topological polar surface area (TPSA) is 52.6 Å². The van der Waals surface area contributed by atoms with Gasteiger partial charge in [-0.15, -0.1) is 0 Å². The first-order valence-corrected chi connectivity index (χ1v) is 8.60. The molecular weight excluding hydrogens is 364 g/mol. The maximum Gasteiger partial charge on any atom is 0.233 e. The monoisotopic (exact) mass is 376 g/mol. The molecule has 4 nitrogen and oxygen atoms in total. The highest BCUT2D eigenvalue weighted by atomic mass is 35.5. The molecular formula is C22H13ClO4. The van der Waals surface area contributed by atoms with Gasteiger partial charge in [-0.1, -0.05) is 48.0 Å². The van der Waals surface area contributed by atoms with Crippen molar-refractivity contribution >= 4 is 23.2 Å². The van der Waals surface area contributed by atoms with Crippen molar-refractivity contribution in [2.45, 2.75) is 0 Å². The molecule has 132 valence electrons. The molecule has 27 heavy (non-hydrogen) atoms. The van der Waals surface area contributed by atoms with Crippen LogP contribution < -0.4 is 9.47 Å². The minimum atomic E-state index is -0.457. The summed E-state index contributed by atoms with van der Waals surface area (Å²) in [6.07, 6.45) is 0. The van der Waals surface area contributed by atoms with Crippen molar-refractivity contribution in [3.63, 3.8) is 0 Å². The lowest BCUT2D eigenvalue weighted by Gasteiger charge is -2.21. The quantitative estimate of drug-likeness (QED) is 0.636. The van der Waals surface area contributed by atoms with Gasteiger partial charge in [0.15, 0.2) is 0 Å². The molecule has 0 bridgehead atoms. The molecule has 3 aromatic rings. The average Bonchev–Trinajstić information content (AvgIpc) is 2.70. The summed E-state index contributed by atoms with van der Waals surface area (Å²) in [5.41, 5.74) is 0.426. The lowest BCUT2D eigenvalue weighted by molar-refractivity contribution is 0.0897. The van der Waals surface area contributed by atoms with Crippen molar-refractivity contribution in [3.8, 4) is 11.5 Å². The molecule has 0 radical (unpaired) electrons. The number of hydrogen-bond donors (Lipinski definition) is 0. The van der Waals surface area contributed by atoms with Gasteiger partial charge in [0.05, 0.1) is 0 Å². The van der Waals surface area contributed by atoms with Gasteiger partial charge in [0.2, 0.25) is 23.1 Å². The minimum absolute atomic E-state index is 0.148. The van der Waals surface area contributed by atoms with E-state index >= 15 is 0 Å². The standard InChI is InChI=1S/C22H13ClO4/c23-14-11-12-17-18(13-14)20(25)22(27-16-9-5-2-6-10-16)21(19(17)24)26-15-7-3-1-4-8-15/h1-13H. The third-order valence-electron chi connectivity index (χ3n) is 4.02. The van der Waals surface area contributed by atoms with Crippen LogP contribution in [0.4, 0.5) is 0 Å². The fraction of sp³-hybridized carbons (Fsp3) is 0. The second-order valence-electron chi connectivity index (χ2n) is 5.84. The van der Waals surface area contributed by atoms with Gasteiger partial charge in [-0.3, -0.25) is 9.59 Å². The third kappa shape index (κ3) is 3.35. The Morgan fingerprint density at radius 1 is 0.593 bits per heavy atom. The molecule has 0 heterocycles. The summed E-state index contributed by atoms with van der Waals surface area (Å²) < 4.78 is 11.5. The normalized spacial score (nSPS) is 13.4. The number of ether oxygens (including phenoxy) is 2. The number of rotatable bonds is 4. The first-order valence-electron chi connectivity index (χ1n) is 8.22. The Kier molecular flexibility index (Phi) is 4.48. The molecule has 0 saturated heterocycles. The van der Waals surface area contributed by atoms with Gasteiger partial charge in [0.1, 0.15) is 11.5 Å². The summed E-state index contributed by atoms with van der Waals surface area (Å²) in [5, 5.41) is 0.362. The summed E-state index contributed by atoms with van der Waals surface area (Å²) in [5.74, 6) is -0.346. The lowest BCUT2D eigenvalue weighted by atomic mass is 9.92. The van der Waals surface area contributed by atoms with E-state index in [1.54, 1.807) is 54.6 Å². The van der Waals surface area contributed by atoms with Gasteiger partial charge < -0.3 is 9.47 Å². The van der Waals surface area contributed by atoms with E-state index in [9.17, 15) is 9.59 Å². The van der Waals surface area contributed by atoms with Crippen LogP contribution in [0.15, 0.2) is 90.4 Å². The fourth-order valence-electron chi connectivity index (χ4n) is 2.75. The van der Waals surface area contributed by atoms with Crippen LogP contribution >= 0.6 is 11.6 Å². The average molecular weight is 377 g/mol. The van der Waals surface area contributed by atoms with Crippen LogP contribution in [0.3, 0.4) is 0 Å². The maximum atomic E-state index is 13.0. The Morgan fingerprint density at radius 2 is 1.07 bits per heavy atom. The number of carbonyl (C=O) groups is 2. The molecule has 0 fully saturated rings. The highest BCUT2D eigenvalue weighted by Gasteiger charge is 2.36. The summed E-state index contributed by atoms with van der Waals surface area (Å²) in [6, 6.07) is 22.1. The number of benzene rings is 3. The van der Waals surface area contributed by atoms with E-state index in [-0.39, 0.29) is 22.6 Å². The number of fused-ring (bicyclic) bond motifs is 1. The van der Waals surface area contributed by atoms with E-state index in [4.69, 9.17) is 21.1 Å². The van der Waals surface area contributed by atoms with Crippen LogP contribution in [-0.4, -0.2) is 11.6 Å². The Morgan fingerprint density at radius 3 is 1.59 bits per heavy atom. The number of hydrogen-bond acceptors (Lipinski definition) is 4. The number of para-hydroxylation sites is 2. The smallest absolute Gasteiger partial charge is 0.233 e. The van der Waals surface area contributed by atoms with Gasteiger partial charge in [-0.25, -0.2) is 0 Å². The van der Waals surface area contributed by atoms with E-state index in [0.717, 1.165) is 0 Å². The largest absolute Gasteiger partial charge is 0.449 e. The second kappa shape index (κ2) is 7.09. The molecule has 0 spiro atoms. The van der Waals surface area contributed by atoms with Crippen LogP contribution in [0.25, 0.3) is 0 Å². The Bertz CT molecular complexity index is 1060. The molecule has 0 saturated carbocycles. The molecule has 3 aromatic carbocycles. The van der Waals surface area contributed by atoms with Gasteiger partial charge in [0, 0.05) is 16.1 Å². The first-order chi connectivity index (χ1) is 13.1. The van der Waals surface area contributed by atoms with Crippen molar-refractivity contribution in [2.24, 2.45) is 0 Å². The highest BCUT2D eigenvalue weighted by molar-refractivity contribution is 6.32. The van der Waals surface area contributed by atoms with E-state index in [1.165, 1.54) is 12.1 Å². The summed E-state index contributed by atoms with van der Waals surface area (Å²) in [6.45, 7) is 0. The van der Waals surface area contributed by atoms with Crippen LogP contribution in [-0.2, 0) is 0 Å². The Hall–Kier alpha value is -3.37. The maximum absolute atomic E-state index is 13.0. The molecule has 5 heteroatoms. The predicted octanol–water partition coefficient (Wildman–Crippen LogP) is 5.09. The molecule has 0 N–H and O–H groups in total. The first kappa shape index (κ1) is 17.1. The van der Waals surface area contributed by atoms with Gasteiger partial charge in [-0.2, -0.15) is 0 Å². The molecule has 1 aliphatic carbocycles. The number of ketones is 2. The molecule has 0 atom stereocenters. The van der Waals surface area contributed by atoms with Crippen LogP contribution in [0.5, 0.6) is 11.5 Å². The van der Waals surface area contributed by atoms with E-state index in [0.29, 0.717) is 16.5 Å². The zero-order valence-electron chi connectivity index (χ0n) is 14.0. The Labute approximate surface area is 160 Å². The van der Waals surface area contributed by atoms with Crippen LogP contribution in [0, 0.1) is 0 Å². The summed E-state index contributed by atoms with van der Waals surface area (Å²) >= 11 is 6.01.